The fourth-order valence-corrected chi connectivity index (χ4v) is 4.29. The van der Waals surface area contributed by atoms with Gasteiger partial charge in [0.05, 0.1) is 12.7 Å². The number of ether oxygens (including phenoxy) is 1. The maximum atomic E-state index is 12.1. The number of fused-ring (bicyclic) bond motifs is 1. The first-order chi connectivity index (χ1) is 9.29. The lowest BCUT2D eigenvalue weighted by Gasteiger charge is -2.14. The summed E-state index contributed by atoms with van der Waals surface area (Å²) in [5, 5.41) is 7.96. The number of rotatable bonds is 3. The molecule has 5 heteroatoms. The summed E-state index contributed by atoms with van der Waals surface area (Å²) in [5.74, 6) is -0.195. The van der Waals surface area contributed by atoms with Crippen molar-refractivity contribution in [2.24, 2.45) is 0 Å². The lowest BCUT2D eigenvalue weighted by Crippen LogP contribution is -2.23. The maximum Gasteiger partial charge on any atom is 0.341 e. The topological polar surface area (TPSA) is 50.4 Å². The summed E-state index contributed by atoms with van der Waals surface area (Å²) in [6.45, 7) is 1.81. The number of nitrogens with one attached hydrogen (secondary N) is 2. The van der Waals surface area contributed by atoms with E-state index in [1.54, 1.807) is 11.3 Å². The van der Waals surface area contributed by atoms with Crippen LogP contribution in [0.2, 0.25) is 0 Å². The summed E-state index contributed by atoms with van der Waals surface area (Å²) in [6.07, 6.45) is 5.92. The van der Waals surface area contributed by atoms with Crippen LogP contribution >= 0.6 is 11.3 Å². The molecule has 1 saturated carbocycles. The van der Waals surface area contributed by atoms with Gasteiger partial charge in [-0.2, -0.15) is 0 Å². The van der Waals surface area contributed by atoms with Gasteiger partial charge < -0.3 is 15.4 Å². The molecule has 4 nitrogen and oxygen atoms in total. The zero-order valence-corrected chi connectivity index (χ0v) is 12.1. The van der Waals surface area contributed by atoms with Crippen molar-refractivity contribution in [3.8, 4) is 0 Å². The number of hydrogen-bond donors (Lipinski definition) is 2. The zero-order valence-electron chi connectivity index (χ0n) is 11.3. The fraction of sp³-hybridized carbons (Fsp3) is 0.643. The minimum absolute atomic E-state index is 0.195. The Labute approximate surface area is 117 Å². The van der Waals surface area contributed by atoms with Gasteiger partial charge in [-0.3, -0.25) is 0 Å². The normalized spacial score (nSPS) is 19.2. The van der Waals surface area contributed by atoms with Crippen LogP contribution in [0.4, 0.5) is 5.00 Å². The molecule has 1 aliphatic heterocycles. The van der Waals surface area contributed by atoms with Crippen LogP contribution in [-0.4, -0.2) is 25.7 Å². The van der Waals surface area contributed by atoms with Crippen LogP contribution < -0.4 is 10.6 Å². The third-order valence-electron chi connectivity index (χ3n) is 4.01. The molecule has 1 aliphatic carbocycles. The fourth-order valence-electron chi connectivity index (χ4n) is 3.01. The summed E-state index contributed by atoms with van der Waals surface area (Å²) in [7, 11) is 1.47. The molecule has 3 rings (SSSR count). The quantitative estimate of drug-likeness (QED) is 0.835. The first-order valence-electron chi connectivity index (χ1n) is 6.99. The maximum absolute atomic E-state index is 12.1. The molecule has 1 aromatic rings. The smallest absolute Gasteiger partial charge is 0.341 e. The molecule has 104 valence electrons. The Morgan fingerprint density at radius 1 is 1.42 bits per heavy atom. The molecule has 0 amide bonds. The number of hydrogen-bond acceptors (Lipinski definition) is 5. The van der Waals surface area contributed by atoms with Crippen molar-refractivity contribution >= 4 is 22.3 Å². The van der Waals surface area contributed by atoms with Crippen molar-refractivity contribution in [2.45, 2.75) is 44.7 Å². The van der Waals surface area contributed by atoms with E-state index in [0.29, 0.717) is 6.04 Å². The minimum atomic E-state index is -0.195. The van der Waals surface area contributed by atoms with Gasteiger partial charge in [-0.1, -0.05) is 12.8 Å². The van der Waals surface area contributed by atoms with Gasteiger partial charge in [0, 0.05) is 17.5 Å². The van der Waals surface area contributed by atoms with Crippen LogP contribution in [-0.2, 0) is 17.7 Å². The molecule has 2 heterocycles. The Balaban J connectivity index is 1.92. The molecule has 1 fully saturated rings. The van der Waals surface area contributed by atoms with E-state index in [-0.39, 0.29) is 5.97 Å². The highest BCUT2D eigenvalue weighted by Gasteiger charge is 2.27. The van der Waals surface area contributed by atoms with E-state index in [2.05, 4.69) is 10.6 Å². The van der Waals surface area contributed by atoms with Gasteiger partial charge >= 0.3 is 5.97 Å². The van der Waals surface area contributed by atoms with Gasteiger partial charge in [0.2, 0.25) is 0 Å². The van der Waals surface area contributed by atoms with Gasteiger partial charge in [-0.25, -0.2) is 4.79 Å². The predicted molar refractivity (Wildman–Crippen MR) is 76.9 cm³/mol. The highest BCUT2D eigenvalue weighted by molar-refractivity contribution is 7.16. The highest BCUT2D eigenvalue weighted by Crippen LogP contribution is 2.37. The first kappa shape index (κ1) is 12.9. The molecule has 2 N–H and O–H groups in total. The van der Waals surface area contributed by atoms with Gasteiger partial charge in [0.1, 0.15) is 5.00 Å². The third kappa shape index (κ3) is 2.49. The number of esters is 1. The Bertz CT molecular complexity index is 478. The second kappa shape index (κ2) is 5.51. The Morgan fingerprint density at radius 3 is 2.95 bits per heavy atom. The Hall–Kier alpha value is -1.07. The molecule has 0 radical (unpaired) electrons. The molecular weight excluding hydrogens is 260 g/mol. The molecule has 1 aromatic heterocycles. The molecule has 0 aromatic carbocycles. The van der Waals surface area contributed by atoms with E-state index in [1.165, 1.54) is 43.2 Å². The Morgan fingerprint density at radius 2 is 2.21 bits per heavy atom. The monoisotopic (exact) mass is 280 g/mol. The lowest BCUT2D eigenvalue weighted by atomic mass is 10.0. The first-order valence-corrected chi connectivity index (χ1v) is 7.81. The standard InChI is InChI=1S/C14H20N2O2S/c1-18-14(17)12-10-6-7-15-8-11(10)19-13(12)16-9-4-2-3-5-9/h9,15-16H,2-8H2,1H3. The summed E-state index contributed by atoms with van der Waals surface area (Å²) in [5.41, 5.74) is 1.98. The predicted octanol–water partition coefficient (Wildman–Crippen LogP) is 2.53. The molecule has 19 heavy (non-hydrogen) atoms. The molecule has 0 bridgehead atoms. The second-order valence-electron chi connectivity index (χ2n) is 5.25. The van der Waals surface area contributed by atoms with Crippen LogP contribution in [0.1, 0.15) is 46.5 Å². The molecule has 0 saturated heterocycles. The van der Waals surface area contributed by atoms with Crippen LogP contribution in [0.5, 0.6) is 0 Å². The number of carbonyl (C=O) groups excluding carboxylic acids is 1. The molecule has 2 aliphatic rings. The number of methoxy groups -OCH3 is 1. The second-order valence-corrected chi connectivity index (χ2v) is 6.36. The van der Waals surface area contributed by atoms with Crippen LogP contribution in [0.3, 0.4) is 0 Å². The van der Waals surface area contributed by atoms with Crippen molar-refractivity contribution in [3.05, 3.63) is 16.0 Å². The van der Waals surface area contributed by atoms with Crippen molar-refractivity contribution in [1.82, 2.24) is 5.32 Å². The molecule has 0 unspecified atom stereocenters. The van der Waals surface area contributed by atoms with Crippen LogP contribution in [0, 0.1) is 0 Å². The summed E-state index contributed by atoms with van der Waals surface area (Å²) in [6, 6.07) is 0.525. The Kier molecular flexibility index (Phi) is 3.75. The summed E-state index contributed by atoms with van der Waals surface area (Å²) < 4.78 is 4.97. The van der Waals surface area contributed by atoms with Crippen molar-refractivity contribution < 1.29 is 9.53 Å². The summed E-state index contributed by atoms with van der Waals surface area (Å²) >= 11 is 1.72. The number of anilines is 1. The van der Waals surface area contributed by atoms with Crippen LogP contribution in [0.25, 0.3) is 0 Å². The van der Waals surface area contributed by atoms with E-state index in [0.717, 1.165) is 30.1 Å². The van der Waals surface area contributed by atoms with E-state index in [4.69, 9.17) is 4.74 Å². The van der Waals surface area contributed by atoms with Crippen molar-refractivity contribution in [3.63, 3.8) is 0 Å². The van der Waals surface area contributed by atoms with Gasteiger partial charge in [0.25, 0.3) is 0 Å². The van der Waals surface area contributed by atoms with Crippen molar-refractivity contribution in [2.75, 3.05) is 19.0 Å². The average molecular weight is 280 g/mol. The van der Waals surface area contributed by atoms with Gasteiger partial charge in [-0.05, 0) is 31.4 Å². The SMILES string of the molecule is COC(=O)c1c(NC2CCCC2)sc2c1CCNC2. The van der Waals surface area contributed by atoms with E-state index in [1.807, 2.05) is 0 Å². The van der Waals surface area contributed by atoms with Crippen molar-refractivity contribution in [1.29, 1.82) is 0 Å². The van der Waals surface area contributed by atoms with E-state index >= 15 is 0 Å². The largest absolute Gasteiger partial charge is 0.465 e. The minimum Gasteiger partial charge on any atom is -0.465 e. The van der Waals surface area contributed by atoms with E-state index in [9.17, 15) is 4.79 Å². The van der Waals surface area contributed by atoms with Crippen LogP contribution in [0.15, 0.2) is 0 Å². The number of thiophene rings is 1. The molecular formula is C14H20N2O2S. The van der Waals surface area contributed by atoms with Gasteiger partial charge in [-0.15, -0.1) is 11.3 Å². The number of carbonyl (C=O) groups is 1. The highest BCUT2D eigenvalue weighted by atomic mass is 32.1. The summed E-state index contributed by atoms with van der Waals surface area (Å²) in [4.78, 5) is 13.3. The van der Waals surface area contributed by atoms with Gasteiger partial charge in [0.15, 0.2) is 0 Å². The zero-order chi connectivity index (χ0) is 13.2. The third-order valence-corrected chi connectivity index (χ3v) is 5.17. The van der Waals surface area contributed by atoms with E-state index < -0.39 is 0 Å². The molecule has 0 atom stereocenters. The lowest BCUT2D eigenvalue weighted by molar-refractivity contribution is 0.0601. The molecule has 0 spiro atoms. The average Bonchev–Trinajstić information content (AvgIpc) is 3.05.